The Bertz CT molecular complexity index is 1080. The van der Waals surface area contributed by atoms with Crippen molar-refractivity contribution in [1.82, 2.24) is 9.78 Å². The van der Waals surface area contributed by atoms with E-state index in [0.29, 0.717) is 22.9 Å². The second-order valence-electron chi connectivity index (χ2n) is 8.22. The van der Waals surface area contributed by atoms with E-state index in [9.17, 15) is 4.79 Å². The number of methoxy groups -OCH3 is 1. The normalized spacial score (nSPS) is 15.6. The van der Waals surface area contributed by atoms with Crippen LogP contribution in [0.1, 0.15) is 53.8 Å². The summed E-state index contributed by atoms with van der Waals surface area (Å²) in [4.78, 5) is 13.2. The van der Waals surface area contributed by atoms with Gasteiger partial charge in [-0.1, -0.05) is 18.2 Å². The molecule has 0 unspecified atom stereocenters. The Labute approximate surface area is 182 Å². The lowest BCUT2D eigenvalue weighted by atomic mass is 10.2. The summed E-state index contributed by atoms with van der Waals surface area (Å²) in [5.41, 5.74) is 4.36. The maximum absolute atomic E-state index is 13.2. The molecule has 2 aliphatic carbocycles. The zero-order chi connectivity index (χ0) is 21.2. The van der Waals surface area contributed by atoms with Gasteiger partial charge in [0.15, 0.2) is 17.2 Å². The van der Waals surface area contributed by atoms with Crippen molar-refractivity contribution < 1.29 is 14.3 Å². The van der Waals surface area contributed by atoms with Crippen LogP contribution in [0.5, 0.6) is 11.5 Å². The van der Waals surface area contributed by atoms with Crippen molar-refractivity contribution in [2.45, 2.75) is 51.0 Å². The van der Waals surface area contributed by atoms with E-state index in [0.717, 1.165) is 49.0 Å². The molecule has 1 N–H and O–H groups in total. The molecule has 6 nitrogen and oxygen atoms in total. The summed E-state index contributed by atoms with van der Waals surface area (Å²) >= 11 is 0. The molecule has 5 rings (SSSR count). The van der Waals surface area contributed by atoms with Crippen LogP contribution >= 0.6 is 0 Å². The van der Waals surface area contributed by atoms with Crippen LogP contribution in [0, 0.1) is 0 Å². The number of amides is 1. The molecule has 1 saturated carbocycles. The number of nitrogens with one attached hydrogen (secondary N) is 1. The molecular weight excluding hydrogens is 390 g/mol. The number of carbonyl (C=O) groups excluding carboxylic acids is 1. The van der Waals surface area contributed by atoms with Gasteiger partial charge in [0.2, 0.25) is 0 Å². The fourth-order valence-electron chi connectivity index (χ4n) is 4.63. The average Bonchev–Trinajstić information content (AvgIpc) is 3.53. The van der Waals surface area contributed by atoms with Crippen molar-refractivity contribution in [1.29, 1.82) is 0 Å². The van der Waals surface area contributed by atoms with E-state index in [1.807, 2.05) is 53.2 Å². The molecule has 2 aromatic carbocycles. The average molecular weight is 418 g/mol. The number of para-hydroxylation sites is 1. The van der Waals surface area contributed by atoms with Crippen LogP contribution in [0.25, 0.3) is 5.69 Å². The third kappa shape index (κ3) is 3.90. The highest BCUT2D eigenvalue weighted by Crippen LogP contribution is 2.34. The predicted molar refractivity (Wildman–Crippen MR) is 119 cm³/mol. The molecule has 0 bridgehead atoms. The van der Waals surface area contributed by atoms with Crippen LogP contribution < -0.4 is 14.8 Å². The zero-order valence-electron chi connectivity index (χ0n) is 17.8. The highest BCUT2D eigenvalue weighted by Gasteiger charge is 2.27. The smallest absolute Gasteiger partial charge is 0.276 e. The lowest BCUT2D eigenvalue weighted by molar-refractivity contribution is 0.102. The van der Waals surface area contributed by atoms with Gasteiger partial charge in [0.25, 0.3) is 5.91 Å². The fraction of sp³-hybridized carbons (Fsp3) is 0.360. The minimum atomic E-state index is -0.190. The van der Waals surface area contributed by atoms with Crippen LogP contribution in [0.3, 0.4) is 0 Å². The Kier molecular flexibility index (Phi) is 5.37. The number of nitrogens with zero attached hydrogens (tertiary/aromatic N) is 2. The van der Waals surface area contributed by atoms with E-state index >= 15 is 0 Å². The lowest BCUT2D eigenvalue weighted by Gasteiger charge is -2.17. The number of fused-ring (bicyclic) bond motifs is 1. The molecule has 1 fully saturated rings. The quantitative estimate of drug-likeness (QED) is 0.617. The summed E-state index contributed by atoms with van der Waals surface area (Å²) in [6.45, 7) is 0. The number of carbonyl (C=O) groups is 1. The first kappa shape index (κ1) is 19.7. The van der Waals surface area contributed by atoms with Gasteiger partial charge in [0.1, 0.15) is 0 Å². The molecule has 1 amide bonds. The first-order valence-corrected chi connectivity index (χ1v) is 11.0. The third-order valence-corrected chi connectivity index (χ3v) is 6.16. The van der Waals surface area contributed by atoms with E-state index in [1.54, 1.807) is 7.11 Å². The number of anilines is 1. The van der Waals surface area contributed by atoms with Crippen LogP contribution in [-0.4, -0.2) is 28.9 Å². The Morgan fingerprint density at radius 1 is 1.03 bits per heavy atom. The second-order valence-corrected chi connectivity index (χ2v) is 8.22. The number of rotatable bonds is 6. The molecule has 3 aromatic rings. The number of aromatic nitrogens is 2. The number of ether oxygens (including phenoxy) is 2. The highest BCUT2D eigenvalue weighted by molar-refractivity contribution is 6.04. The van der Waals surface area contributed by atoms with Gasteiger partial charge in [0, 0.05) is 23.0 Å². The van der Waals surface area contributed by atoms with E-state index < -0.39 is 0 Å². The highest BCUT2D eigenvalue weighted by atomic mass is 16.5. The Morgan fingerprint density at radius 3 is 2.61 bits per heavy atom. The summed E-state index contributed by atoms with van der Waals surface area (Å²) in [7, 11) is 1.63. The number of hydrogen-bond acceptors (Lipinski definition) is 4. The maximum Gasteiger partial charge on any atom is 0.276 e. The van der Waals surface area contributed by atoms with Gasteiger partial charge in [0.05, 0.1) is 18.9 Å². The molecular formula is C25H27N3O3. The summed E-state index contributed by atoms with van der Waals surface area (Å²) in [6.07, 6.45) is 7.57. The molecule has 0 aliphatic heterocycles. The molecule has 31 heavy (non-hydrogen) atoms. The predicted octanol–water partition coefficient (Wildman–Crippen LogP) is 4.94. The third-order valence-electron chi connectivity index (χ3n) is 6.16. The molecule has 0 saturated heterocycles. The Morgan fingerprint density at radius 2 is 1.84 bits per heavy atom. The van der Waals surface area contributed by atoms with Gasteiger partial charge < -0.3 is 14.8 Å². The van der Waals surface area contributed by atoms with Gasteiger partial charge in [-0.15, -0.1) is 0 Å². The minimum absolute atomic E-state index is 0.190. The van der Waals surface area contributed by atoms with Gasteiger partial charge in [-0.2, -0.15) is 5.10 Å². The van der Waals surface area contributed by atoms with Crippen molar-refractivity contribution in [3.63, 3.8) is 0 Å². The van der Waals surface area contributed by atoms with Crippen molar-refractivity contribution in [2.75, 3.05) is 12.4 Å². The molecule has 0 radical (unpaired) electrons. The van der Waals surface area contributed by atoms with Crippen LogP contribution in [0.2, 0.25) is 0 Å². The maximum atomic E-state index is 13.2. The van der Waals surface area contributed by atoms with E-state index in [2.05, 4.69) is 10.4 Å². The van der Waals surface area contributed by atoms with Crippen LogP contribution in [0.4, 0.5) is 5.69 Å². The number of hydrogen-bond donors (Lipinski definition) is 1. The van der Waals surface area contributed by atoms with E-state index in [-0.39, 0.29) is 12.0 Å². The standard InChI is InChI=1S/C25H27N3O3/c1-30-22-15-14-17(16-23(22)31-19-10-5-6-11-19)26-25(29)24-20-12-7-13-21(20)28(27-24)18-8-3-2-4-9-18/h2-4,8-9,14-16,19H,5-7,10-13H2,1H3,(H,26,29). The second kappa shape index (κ2) is 8.46. The zero-order valence-corrected chi connectivity index (χ0v) is 17.8. The fourth-order valence-corrected chi connectivity index (χ4v) is 4.63. The molecule has 2 aliphatic rings. The minimum Gasteiger partial charge on any atom is -0.493 e. The topological polar surface area (TPSA) is 65.4 Å². The Balaban J connectivity index is 1.40. The van der Waals surface area contributed by atoms with Crippen molar-refractivity contribution in [3.05, 3.63) is 65.5 Å². The van der Waals surface area contributed by atoms with Crippen LogP contribution in [0.15, 0.2) is 48.5 Å². The molecule has 1 aromatic heterocycles. The molecule has 160 valence electrons. The van der Waals surface area contributed by atoms with Crippen molar-refractivity contribution in [3.8, 4) is 17.2 Å². The molecule has 1 heterocycles. The van der Waals surface area contributed by atoms with E-state index in [4.69, 9.17) is 9.47 Å². The largest absolute Gasteiger partial charge is 0.493 e. The molecule has 0 spiro atoms. The van der Waals surface area contributed by atoms with E-state index in [1.165, 1.54) is 12.8 Å². The van der Waals surface area contributed by atoms with Gasteiger partial charge >= 0.3 is 0 Å². The first-order chi connectivity index (χ1) is 15.2. The van der Waals surface area contributed by atoms with Gasteiger partial charge in [-0.3, -0.25) is 4.79 Å². The Hall–Kier alpha value is -3.28. The van der Waals surface area contributed by atoms with Gasteiger partial charge in [-0.25, -0.2) is 4.68 Å². The monoisotopic (exact) mass is 417 g/mol. The summed E-state index contributed by atoms with van der Waals surface area (Å²) in [5.74, 6) is 1.16. The summed E-state index contributed by atoms with van der Waals surface area (Å²) in [6, 6.07) is 15.5. The van der Waals surface area contributed by atoms with Gasteiger partial charge in [-0.05, 0) is 69.2 Å². The molecule has 0 atom stereocenters. The first-order valence-electron chi connectivity index (χ1n) is 11.0. The summed E-state index contributed by atoms with van der Waals surface area (Å²) < 4.78 is 13.5. The van der Waals surface area contributed by atoms with Crippen molar-refractivity contribution in [2.24, 2.45) is 0 Å². The number of benzene rings is 2. The lowest BCUT2D eigenvalue weighted by Crippen LogP contribution is -2.16. The molecule has 6 heteroatoms. The summed E-state index contributed by atoms with van der Waals surface area (Å²) in [5, 5.41) is 7.71. The SMILES string of the molecule is COc1ccc(NC(=O)c2nn(-c3ccccc3)c3c2CCC3)cc1OC1CCCC1. The van der Waals surface area contributed by atoms with Crippen LogP contribution in [-0.2, 0) is 12.8 Å². The van der Waals surface area contributed by atoms with Crippen molar-refractivity contribution >= 4 is 11.6 Å².